The van der Waals surface area contributed by atoms with E-state index in [0.29, 0.717) is 18.4 Å². The van der Waals surface area contributed by atoms with Crippen LogP contribution in [0.3, 0.4) is 0 Å². The second kappa shape index (κ2) is 4.82. The van der Waals surface area contributed by atoms with Gasteiger partial charge >= 0.3 is 0 Å². The number of rotatable bonds is 4. The minimum absolute atomic E-state index is 0.256. The molecular formula is C11H14FN5. The van der Waals surface area contributed by atoms with Crippen molar-refractivity contribution in [1.82, 2.24) is 14.8 Å². The van der Waals surface area contributed by atoms with Crippen molar-refractivity contribution in [3.05, 3.63) is 35.6 Å². The molecule has 0 aliphatic heterocycles. The van der Waals surface area contributed by atoms with E-state index in [1.165, 1.54) is 12.1 Å². The van der Waals surface area contributed by atoms with Gasteiger partial charge in [-0.25, -0.2) is 9.07 Å². The molecule has 0 atom stereocenters. The molecule has 2 aromatic rings. The monoisotopic (exact) mass is 235 g/mol. The summed E-state index contributed by atoms with van der Waals surface area (Å²) in [5.41, 5.74) is 6.65. The van der Waals surface area contributed by atoms with Crippen LogP contribution in [0.2, 0.25) is 0 Å². The Morgan fingerprint density at radius 1 is 1.35 bits per heavy atom. The molecule has 2 rings (SSSR count). The maximum absolute atomic E-state index is 12.7. The van der Waals surface area contributed by atoms with E-state index in [1.54, 1.807) is 16.8 Å². The molecule has 0 unspecified atom stereocenters. The predicted octanol–water partition coefficient (Wildman–Crippen LogP) is 1.48. The molecule has 0 saturated heterocycles. The maximum atomic E-state index is 12.7. The van der Waals surface area contributed by atoms with Gasteiger partial charge in [0, 0.05) is 6.54 Å². The lowest BCUT2D eigenvalue weighted by molar-refractivity contribution is 0.625. The summed E-state index contributed by atoms with van der Waals surface area (Å²) < 4.78 is 14.3. The van der Waals surface area contributed by atoms with Crippen LogP contribution in [0.25, 0.3) is 0 Å². The van der Waals surface area contributed by atoms with Gasteiger partial charge in [-0.05, 0) is 24.6 Å². The third-order valence-electron chi connectivity index (χ3n) is 2.28. The quantitative estimate of drug-likeness (QED) is 0.842. The number of nitrogens with one attached hydrogen (secondary N) is 1. The van der Waals surface area contributed by atoms with E-state index in [2.05, 4.69) is 15.4 Å². The lowest BCUT2D eigenvalue weighted by Crippen LogP contribution is -2.06. The standard InChI is InChI=1S/C11H14FN5/c1-2-14-11-15-10(13)17(16-11)7-8-3-5-9(12)6-4-8/h3-6H,2,7H2,1H3,(H3,13,14,15,16). The Bertz CT molecular complexity index is 491. The van der Waals surface area contributed by atoms with Crippen molar-refractivity contribution in [3.8, 4) is 0 Å². The molecule has 3 N–H and O–H groups in total. The Morgan fingerprint density at radius 2 is 2.06 bits per heavy atom. The number of hydrogen-bond acceptors (Lipinski definition) is 4. The number of nitrogens with zero attached hydrogens (tertiary/aromatic N) is 3. The van der Waals surface area contributed by atoms with Gasteiger partial charge in [0.2, 0.25) is 11.9 Å². The van der Waals surface area contributed by atoms with Crippen LogP contribution >= 0.6 is 0 Å². The third-order valence-corrected chi connectivity index (χ3v) is 2.28. The Kier molecular flexibility index (Phi) is 3.22. The van der Waals surface area contributed by atoms with Crippen LogP contribution in [-0.2, 0) is 6.54 Å². The number of halogens is 1. The van der Waals surface area contributed by atoms with Crippen molar-refractivity contribution >= 4 is 11.9 Å². The molecule has 0 aliphatic carbocycles. The summed E-state index contributed by atoms with van der Waals surface area (Å²) >= 11 is 0. The van der Waals surface area contributed by atoms with E-state index in [9.17, 15) is 4.39 Å². The normalized spacial score (nSPS) is 10.5. The second-order valence-corrected chi connectivity index (χ2v) is 3.61. The average Bonchev–Trinajstić information content (AvgIpc) is 2.63. The summed E-state index contributed by atoms with van der Waals surface area (Å²) in [4.78, 5) is 4.06. The molecule has 0 bridgehead atoms. The van der Waals surface area contributed by atoms with Crippen molar-refractivity contribution in [1.29, 1.82) is 0 Å². The fourth-order valence-electron chi connectivity index (χ4n) is 1.47. The largest absolute Gasteiger partial charge is 0.368 e. The molecule has 0 spiro atoms. The minimum Gasteiger partial charge on any atom is -0.368 e. The topological polar surface area (TPSA) is 68.8 Å². The van der Waals surface area contributed by atoms with Crippen molar-refractivity contribution < 1.29 is 4.39 Å². The summed E-state index contributed by atoms with van der Waals surface area (Å²) in [6.07, 6.45) is 0. The van der Waals surface area contributed by atoms with Gasteiger partial charge in [0.05, 0.1) is 6.54 Å². The lowest BCUT2D eigenvalue weighted by Gasteiger charge is -2.02. The first-order valence-corrected chi connectivity index (χ1v) is 5.37. The van der Waals surface area contributed by atoms with Gasteiger partial charge in [-0.3, -0.25) is 0 Å². The molecule has 1 heterocycles. The zero-order valence-electron chi connectivity index (χ0n) is 9.52. The maximum Gasteiger partial charge on any atom is 0.243 e. The van der Waals surface area contributed by atoms with Gasteiger partial charge in [0.25, 0.3) is 0 Å². The number of nitrogens with two attached hydrogens (primary N) is 1. The molecule has 6 heteroatoms. The van der Waals surface area contributed by atoms with Crippen LogP contribution in [0.1, 0.15) is 12.5 Å². The molecule has 90 valence electrons. The van der Waals surface area contributed by atoms with Gasteiger partial charge in [-0.1, -0.05) is 12.1 Å². The molecular weight excluding hydrogens is 221 g/mol. The van der Waals surface area contributed by atoms with Gasteiger partial charge in [0.1, 0.15) is 5.82 Å². The second-order valence-electron chi connectivity index (χ2n) is 3.61. The summed E-state index contributed by atoms with van der Waals surface area (Å²) in [5.74, 6) is 0.589. The van der Waals surface area contributed by atoms with Crippen molar-refractivity contribution in [2.24, 2.45) is 0 Å². The highest BCUT2D eigenvalue weighted by Gasteiger charge is 2.06. The first kappa shape index (κ1) is 11.4. The Morgan fingerprint density at radius 3 is 2.71 bits per heavy atom. The fourth-order valence-corrected chi connectivity index (χ4v) is 1.47. The first-order valence-electron chi connectivity index (χ1n) is 5.37. The summed E-state index contributed by atoms with van der Waals surface area (Å²) in [7, 11) is 0. The Hall–Kier alpha value is -2.11. The molecule has 1 aromatic carbocycles. The predicted molar refractivity (Wildman–Crippen MR) is 64.1 cm³/mol. The molecule has 0 saturated carbocycles. The fraction of sp³-hybridized carbons (Fsp3) is 0.273. The van der Waals surface area contributed by atoms with Crippen molar-refractivity contribution in [2.45, 2.75) is 13.5 Å². The Labute approximate surface area is 98.5 Å². The number of anilines is 2. The smallest absolute Gasteiger partial charge is 0.243 e. The molecule has 1 aromatic heterocycles. The molecule has 17 heavy (non-hydrogen) atoms. The summed E-state index contributed by atoms with van der Waals surface area (Å²) in [6, 6.07) is 6.22. The zero-order chi connectivity index (χ0) is 12.3. The summed E-state index contributed by atoms with van der Waals surface area (Å²) in [5, 5.41) is 7.17. The van der Waals surface area contributed by atoms with E-state index in [1.807, 2.05) is 6.92 Å². The van der Waals surface area contributed by atoms with Crippen LogP contribution in [0.4, 0.5) is 16.3 Å². The van der Waals surface area contributed by atoms with Gasteiger partial charge in [0.15, 0.2) is 0 Å². The van der Waals surface area contributed by atoms with E-state index >= 15 is 0 Å². The van der Waals surface area contributed by atoms with Crippen molar-refractivity contribution in [3.63, 3.8) is 0 Å². The van der Waals surface area contributed by atoms with Crippen LogP contribution in [-0.4, -0.2) is 21.3 Å². The molecule has 5 nitrogen and oxygen atoms in total. The number of benzene rings is 1. The van der Waals surface area contributed by atoms with Crippen LogP contribution in [0.15, 0.2) is 24.3 Å². The number of aromatic nitrogens is 3. The van der Waals surface area contributed by atoms with E-state index in [4.69, 9.17) is 5.73 Å². The molecule has 0 radical (unpaired) electrons. The van der Waals surface area contributed by atoms with E-state index in [0.717, 1.165) is 12.1 Å². The molecule has 0 amide bonds. The van der Waals surface area contributed by atoms with Crippen LogP contribution in [0.5, 0.6) is 0 Å². The first-order chi connectivity index (χ1) is 8.19. The van der Waals surface area contributed by atoms with Crippen LogP contribution in [0, 0.1) is 5.82 Å². The third kappa shape index (κ3) is 2.72. The number of hydrogen-bond donors (Lipinski definition) is 2. The highest BCUT2D eigenvalue weighted by atomic mass is 19.1. The summed E-state index contributed by atoms with van der Waals surface area (Å²) in [6.45, 7) is 3.17. The average molecular weight is 235 g/mol. The lowest BCUT2D eigenvalue weighted by atomic mass is 10.2. The van der Waals surface area contributed by atoms with Gasteiger partial charge < -0.3 is 11.1 Å². The molecule has 0 fully saturated rings. The number of nitrogen functional groups attached to an aromatic ring is 1. The minimum atomic E-state index is -0.256. The zero-order valence-corrected chi connectivity index (χ0v) is 9.52. The van der Waals surface area contributed by atoms with Crippen molar-refractivity contribution in [2.75, 3.05) is 17.6 Å². The van der Waals surface area contributed by atoms with E-state index in [-0.39, 0.29) is 5.82 Å². The van der Waals surface area contributed by atoms with E-state index < -0.39 is 0 Å². The molecule has 0 aliphatic rings. The highest BCUT2D eigenvalue weighted by Crippen LogP contribution is 2.09. The highest BCUT2D eigenvalue weighted by molar-refractivity contribution is 5.32. The van der Waals surface area contributed by atoms with Gasteiger partial charge in [-0.2, -0.15) is 4.98 Å². The van der Waals surface area contributed by atoms with Gasteiger partial charge in [-0.15, -0.1) is 5.10 Å². The van der Waals surface area contributed by atoms with Crippen LogP contribution < -0.4 is 11.1 Å². The Balaban J connectivity index is 2.15. The SMILES string of the molecule is CCNc1nc(N)n(Cc2ccc(F)cc2)n1.